The Hall–Kier alpha value is -1.13. The van der Waals surface area contributed by atoms with Gasteiger partial charge in [0.1, 0.15) is 0 Å². The van der Waals surface area contributed by atoms with Gasteiger partial charge in [-0.1, -0.05) is 6.58 Å². The van der Waals surface area contributed by atoms with Crippen LogP contribution in [0.3, 0.4) is 0 Å². The molecule has 1 aliphatic rings. The molecule has 0 radical (unpaired) electrons. The maximum Gasteiger partial charge on any atom is 0.224 e. The Labute approximate surface area is 102 Å². The van der Waals surface area contributed by atoms with Crippen molar-refractivity contribution in [1.82, 2.24) is 5.32 Å². The van der Waals surface area contributed by atoms with Crippen LogP contribution in [-0.4, -0.2) is 29.8 Å². The molecule has 1 fully saturated rings. The third-order valence-corrected chi connectivity index (χ3v) is 2.60. The summed E-state index contributed by atoms with van der Waals surface area (Å²) in [6.07, 6.45) is 3.82. The number of amides is 1. The van der Waals surface area contributed by atoms with Crippen molar-refractivity contribution >= 4 is 5.91 Å². The number of carbonyl (C=O) groups is 1. The van der Waals surface area contributed by atoms with Crippen LogP contribution >= 0.6 is 0 Å². The molecule has 0 aromatic carbocycles. The number of ether oxygens (including phenoxy) is 1. The minimum Gasteiger partial charge on any atom is -0.396 e. The monoisotopic (exact) mass is 239 g/mol. The molecular weight excluding hydrogens is 218 g/mol. The summed E-state index contributed by atoms with van der Waals surface area (Å²) in [5.74, 6) is 0.0196. The van der Waals surface area contributed by atoms with Gasteiger partial charge < -0.3 is 15.2 Å². The topological polar surface area (TPSA) is 58.6 Å². The molecule has 1 rings (SSSR count). The van der Waals surface area contributed by atoms with Crippen molar-refractivity contribution in [2.45, 2.75) is 38.7 Å². The van der Waals surface area contributed by atoms with Gasteiger partial charge in [0.25, 0.3) is 0 Å². The van der Waals surface area contributed by atoms with E-state index in [0.717, 1.165) is 5.57 Å². The van der Waals surface area contributed by atoms with Crippen LogP contribution < -0.4 is 5.32 Å². The van der Waals surface area contributed by atoms with Crippen LogP contribution in [0.4, 0.5) is 0 Å². The zero-order valence-electron chi connectivity index (χ0n) is 10.6. The number of carbonyl (C=O) groups excluding carboxylic acids is 1. The predicted molar refractivity (Wildman–Crippen MR) is 66.3 cm³/mol. The lowest BCUT2D eigenvalue weighted by atomic mass is 9.97. The Morgan fingerprint density at radius 2 is 2.24 bits per heavy atom. The molecule has 4 heteroatoms. The van der Waals surface area contributed by atoms with Gasteiger partial charge in [0.05, 0.1) is 5.60 Å². The van der Waals surface area contributed by atoms with Crippen LogP contribution in [0.1, 0.15) is 33.1 Å². The minimum absolute atomic E-state index is 0.0196. The zero-order valence-corrected chi connectivity index (χ0v) is 10.6. The molecule has 96 valence electrons. The van der Waals surface area contributed by atoms with Gasteiger partial charge in [-0.3, -0.25) is 4.79 Å². The Balaban J connectivity index is 2.60. The minimum atomic E-state index is -0.407. The van der Waals surface area contributed by atoms with E-state index in [9.17, 15) is 4.79 Å². The van der Waals surface area contributed by atoms with Crippen LogP contribution in [0.25, 0.3) is 0 Å². The molecule has 4 nitrogen and oxygen atoms in total. The summed E-state index contributed by atoms with van der Waals surface area (Å²) in [4.78, 5) is 11.1. The van der Waals surface area contributed by atoms with Gasteiger partial charge in [0.15, 0.2) is 0 Å². The van der Waals surface area contributed by atoms with Crippen molar-refractivity contribution < 1.29 is 14.6 Å². The highest BCUT2D eigenvalue weighted by atomic mass is 16.5. The number of hydrogen-bond donors (Lipinski definition) is 2. The van der Waals surface area contributed by atoms with E-state index in [1.165, 1.54) is 0 Å². The molecule has 0 aromatic rings. The Bertz CT molecular complexity index is 332. The summed E-state index contributed by atoms with van der Waals surface area (Å²) in [6.45, 7) is 8.40. The largest absolute Gasteiger partial charge is 0.396 e. The second-order valence-corrected chi connectivity index (χ2v) is 4.73. The fraction of sp³-hybridized carbons (Fsp3) is 0.615. The molecule has 2 N–H and O–H groups in total. The summed E-state index contributed by atoms with van der Waals surface area (Å²) in [6, 6.07) is 0. The fourth-order valence-corrected chi connectivity index (χ4v) is 1.73. The molecule has 1 saturated heterocycles. The first kappa shape index (κ1) is 13.9. The van der Waals surface area contributed by atoms with Gasteiger partial charge in [-0.25, -0.2) is 0 Å². The number of allylic oxidation sites excluding steroid dienone is 1. The lowest BCUT2D eigenvalue weighted by Crippen LogP contribution is -2.30. The van der Waals surface area contributed by atoms with Crippen LogP contribution in [0.15, 0.2) is 23.9 Å². The number of aliphatic hydroxyl groups excluding tert-OH is 1. The molecule has 1 amide bonds. The average Bonchev–Trinajstić information content (AvgIpc) is 2.22. The van der Waals surface area contributed by atoms with E-state index in [4.69, 9.17) is 9.84 Å². The van der Waals surface area contributed by atoms with Crippen molar-refractivity contribution in [2.75, 3.05) is 13.2 Å². The molecule has 0 aliphatic carbocycles. The van der Waals surface area contributed by atoms with Crippen molar-refractivity contribution in [1.29, 1.82) is 0 Å². The SMILES string of the molecule is C=C1NC(=O)CC/C1=C/C(C)(C)OCCCO. The van der Waals surface area contributed by atoms with E-state index in [0.29, 0.717) is 31.6 Å². The molecule has 17 heavy (non-hydrogen) atoms. The molecule has 0 bridgehead atoms. The lowest BCUT2D eigenvalue weighted by molar-refractivity contribution is -0.120. The van der Waals surface area contributed by atoms with Crippen LogP contribution in [0.2, 0.25) is 0 Å². The Kier molecular flexibility index (Phi) is 4.90. The zero-order chi connectivity index (χ0) is 12.9. The van der Waals surface area contributed by atoms with Gasteiger partial charge in [-0.2, -0.15) is 0 Å². The van der Waals surface area contributed by atoms with Crippen molar-refractivity contribution in [3.8, 4) is 0 Å². The number of nitrogens with one attached hydrogen (secondary N) is 1. The maximum absolute atomic E-state index is 11.1. The van der Waals surface area contributed by atoms with Crippen molar-refractivity contribution in [3.63, 3.8) is 0 Å². The summed E-state index contributed by atoms with van der Waals surface area (Å²) < 4.78 is 5.66. The van der Waals surface area contributed by atoms with E-state index in [1.54, 1.807) is 0 Å². The van der Waals surface area contributed by atoms with Crippen molar-refractivity contribution in [3.05, 3.63) is 23.9 Å². The van der Waals surface area contributed by atoms with Gasteiger partial charge in [0.2, 0.25) is 5.91 Å². The first-order chi connectivity index (χ1) is 7.94. The highest BCUT2D eigenvalue weighted by Gasteiger charge is 2.21. The van der Waals surface area contributed by atoms with Crippen LogP contribution in [0.5, 0.6) is 0 Å². The second kappa shape index (κ2) is 5.98. The molecule has 0 unspecified atom stereocenters. The molecular formula is C13H21NO3. The van der Waals surface area contributed by atoms with E-state index < -0.39 is 5.60 Å². The predicted octanol–water partition coefficient (Wildman–Crippen LogP) is 1.51. The number of hydrogen-bond acceptors (Lipinski definition) is 3. The van der Waals surface area contributed by atoms with Crippen LogP contribution in [0, 0.1) is 0 Å². The highest BCUT2D eigenvalue weighted by molar-refractivity contribution is 5.81. The first-order valence-corrected chi connectivity index (χ1v) is 5.90. The summed E-state index contributed by atoms with van der Waals surface area (Å²) in [7, 11) is 0. The van der Waals surface area contributed by atoms with E-state index >= 15 is 0 Å². The van der Waals surface area contributed by atoms with Gasteiger partial charge in [0, 0.05) is 25.3 Å². The number of piperidine rings is 1. The normalized spacial score (nSPS) is 19.6. The molecule has 1 aliphatic heterocycles. The number of aliphatic hydroxyl groups is 1. The maximum atomic E-state index is 11.1. The molecule has 0 spiro atoms. The van der Waals surface area contributed by atoms with E-state index in [1.807, 2.05) is 19.9 Å². The Morgan fingerprint density at radius 1 is 1.53 bits per heavy atom. The fourth-order valence-electron chi connectivity index (χ4n) is 1.73. The van der Waals surface area contributed by atoms with Crippen LogP contribution in [-0.2, 0) is 9.53 Å². The van der Waals surface area contributed by atoms with Gasteiger partial charge >= 0.3 is 0 Å². The average molecular weight is 239 g/mol. The Morgan fingerprint density at radius 3 is 2.82 bits per heavy atom. The second-order valence-electron chi connectivity index (χ2n) is 4.73. The lowest BCUT2D eigenvalue weighted by Gasteiger charge is -2.26. The number of rotatable bonds is 5. The highest BCUT2D eigenvalue weighted by Crippen LogP contribution is 2.23. The molecule has 0 aromatic heterocycles. The summed E-state index contributed by atoms with van der Waals surface area (Å²) >= 11 is 0. The third kappa shape index (κ3) is 4.71. The summed E-state index contributed by atoms with van der Waals surface area (Å²) in [5.41, 5.74) is 1.29. The molecule has 1 heterocycles. The standard InChI is InChI=1S/C13H21NO3/c1-10-11(5-6-12(16)14-10)9-13(2,3)17-8-4-7-15/h9,15H,1,4-8H2,2-3H3,(H,14,16)/b11-9-. The quantitative estimate of drug-likeness (QED) is 0.715. The van der Waals surface area contributed by atoms with E-state index in [-0.39, 0.29) is 12.5 Å². The smallest absolute Gasteiger partial charge is 0.224 e. The summed E-state index contributed by atoms with van der Waals surface area (Å²) in [5, 5.41) is 11.4. The molecule has 0 saturated carbocycles. The molecule has 0 atom stereocenters. The third-order valence-electron chi connectivity index (χ3n) is 2.60. The van der Waals surface area contributed by atoms with Crippen molar-refractivity contribution in [2.24, 2.45) is 0 Å². The first-order valence-electron chi connectivity index (χ1n) is 5.90. The van der Waals surface area contributed by atoms with Gasteiger partial charge in [-0.05, 0) is 38.3 Å². The van der Waals surface area contributed by atoms with E-state index in [2.05, 4.69) is 11.9 Å². The van der Waals surface area contributed by atoms with Gasteiger partial charge in [-0.15, -0.1) is 0 Å².